The Morgan fingerprint density at radius 1 is 1.42 bits per heavy atom. The van der Waals surface area contributed by atoms with Gasteiger partial charge in [-0.25, -0.2) is 4.79 Å². The highest BCUT2D eigenvalue weighted by atomic mass is 32.2. The monoisotopic (exact) mass is 278 g/mol. The minimum atomic E-state index is -0.824. The van der Waals surface area contributed by atoms with Gasteiger partial charge in [0.15, 0.2) is 0 Å². The summed E-state index contributed by atoms with van der Waals surface area (Å²) in [6.07, 6.45) is 6.48. The fourth-order valence-electron chi connectivity index (χ4n) is 2.82. The summed E-state index contributed by atoms with van der Waals surface area (Å²) in [5.74, 6) is 0.0330. The molecule has 0 aliphatic heterocycles. The van der Waals surface area contributed by atoms with Crippen LogP contribution in [0.2, 0.25) is 0 Å². The van der Waals surface area contributed by atoms with Gasteiger partial charge in [0.2, 0.25) is 0 Å². The van der Waals surface area contributed by atoms with E-state index in [1.54, 1.807) is 0 Å². The number of aromatic carboxylic acids is 1. The average Bonchev–Trinajstić information content (AvgIpc) is 2.41. The van der Waals surface area contributed by atoms with Gasteiger partial charge in [-0.3, -0.25) is 0 Å². The molecule has 0 aromatic heterocycles. The predicted octanol–water partition coefficient (Wildman–Crippen LogP) is 4.75. The molecule has 1 saturated carbocycles. The second kappa shape index (κ2) is 6.47. The van der Waals surface area contributed by atoms with Gasteiger partial charge in [-0.15, -0.1) is 11.8 Å². The smallest absolute Gasteiger partial charge is 0.335 e. The number of hydrogen-bond donors (Lipinski definition) is 1. The van der Waals surface area contributed by atoms with Gasteiger partial charge in [-0.05, 0) is 43.4 Å². The van der Waals surface area contributed by atoms with Gasteiger partial charge in [-0.1, -0.05) is 32.3 Å². The standard InChI is InChI=1S/C16H22O2S/c1-3-12-5-4-6-13(9-12)19-14-8-7-11(2)15(10-14)16(17)18/h7-8,10,12-13H,3-6,9H2,1-2H3,(H,17,18). The molecule has 1 aliphatic carbocycles. The lowest BCUT2D eigenvalue weighted by molar-refractivity contribution is 0.0696. The predicted molar refractivity (Wildman–Crippen MR) is 80.0 cm³/mol. The van der Waals surface area contributed by atoms with E-state index in [1.807, 2.05) is 30.8 Å². The summed E-state index contributed by atoms with van der Waals surface area (Å²) in [4.78, 5) is 12.3. The quantitative estimate of drug-likeness (QED) is 0.863. The van der Waals surface area contributed by atoms with Crippen molar-refractivity contribution >= 4 is 17.7 Å². The second-order valence-corrected chi connectivity index (χ2v) is 6.84. The number of carboxylic acid groups (broad SMARTS) is 1. The van der Waals surface area contributed by atoms with Crippen molar-refractivity contribution in [3.63, 3.8) is 0 Å². The van der Waals surface area contributed by atoms with Crippen LogP contribution in [0.1, 0.15) is 54.9 Å². The van der Waals surface area contributed by atoms with Crippen LogP contribution in [0.25, 0.3) is 0 Å². The lowest BCUT2D eigenvalue weighted by Gasteiger charge is -2.28. The Hall–Kier alpha value is -0.960. The number of thioether (sulfide) groups is 1. The summed E-state index contributed by atoms with van der Waals surface area (Å²) in [6.45, 7) is 4.12. The highest BCUT2D eigenvalue weighted by Crippen LogP contribution is 2.37. The summed E-state index contributed by atoms with van der Waals surface area (Å²) in [6, 6.07) is 5.81. The van der Waals surface area contributed by atoms with E-state index in [1.165, 1.54) is 32.1 Å². The minimum Gasteiger partial charge on any atom is -0.478 e. The first-order chi connectivity index (χ1) is 9.10. The zero-order chi connectivity index (χ0) is 13.8. The van der Waals surface area contributed by atoms with E-state index in [-0.39, 0.29) is 0 Å². The van der Waals surface area contributed by atoms with Crippen LogP contribution < -0.4 is 0 Å². The fourth-order valence-corrected chi connectivity index (χ4v) is 4.19. The molecule has 2 unspecified atom stereocenters. The molecule has 19 heavy (non-hydrogen) atoms. The van der Waals surface area contributed by atoms with E-state index in [4.69, 9.17) is 5.11 Å². The topological polar surface area (TPSA) is 37.3 Å². The van der Waals surface area contributed by atoms with Crippen molar-refractivity contribution in [1.29, 1.82) is 0 Å². The number of rotatable bonds is 4. The molecule has 1 aliphatic rings. The molecule has 2 atom stereocenters. The van der Waals surface area contributed by atoms with E-state index in [0.29, 0.717) is 10.8 Å². The Kier molecular flexibility index (Phi) is 4.92. The number of carbonyl (C=O) groups is 1. The molecule has 0 radical (unpaired) electrons. The zero-order valence-corrected chi connectivity index (χ0v) is 12.5. The SMILES string of the molecule is CCC1CCCC(Sc2ccc(C)c(C(=O)O)c2)C1. The van der Waals surface area contributed by atoms with Gasteiger partial charge < -0.3 is 5.11 Å². The van der Waals surface area contributed by atoms with Gasteiger partial charge in [-0.2, -0.15) is 0 Å². The molecule has 0 bridgehead atoms. The van der Waals surface area contributed by atoms with Crippen LogP contribution in [-0.2, 0) is 0 Å². The van der Waals surface area contributed by atoms with Crippen LogP contribution in [0, 0.1) is 12.8 Å². The van der Waals surface area contributed by atoms with Crippen molar-refractivity contribution in [3.8, 4) is 0 Å². The zero-order valence-electron chi connectivity index (χ0n) is 11.7. The third kappa shape index (κ3) is 3.75. The maximum absolute atomic E-state index is 11.2. The first-order valence-electron chi connectivity index (χ1n) is 7.10. The maximum atomic E-state index is 11.2. The fraction of sp³-hybridized carbons (Fsp3) is 0.562. The molecule has 0 spiro atoms. The van der Waals surface area contributed by atoms with Crippen molar-refractivity contribution in [2.24, 2.45) is 5.92 Å². The van der Waals surface area contributed by atoms with E-state index < -0.39 is 5.97 Å². The highest BCUT2D eigenvalue weighted by Gasteiger charge is 2.22. The molecular weight excluding hydrogens is 256 g/mol. The molecule has 104 valence electrons. The van der Waals surface area contributed by atoms with Crippen molar-refractivity contribution in [3.05, 3.63) is 29.3 Å². The molecule has 0 heterocycles. The highest BCUT2D eigenvalue weighted by molar-refractivity contribution is 8.00. The Bertz CT molecular complexity index is 456. The Morgan fingerprint density at radius 2 is 2.21 bits per heavy atom. The Morgan fingerprint density at radius 3 is 2.89 bits per heavy atom. The van der Waals surface area contributed by atoms with Crippen LogP contribution in [0.5, 0.6) is 0 Å². The van der Waals surface area contributed by atoms with Gasteiger partial charge in [0.1, 0.15) is 0 Å². The molecule has 1 N–H and O–H groups in total. The van der Waals surface area contributed by atoms with Crippen LogP contribution in [0.4, 0.5) is 0 Å². The molecular formula is C16H22O2S. The van der Waals surface area contributed by atoms with Gasteiger partial charge in [0, 0.05) is 10.1 Å². The lowest BCUT2D eigenvalue weighted by atomic mass is 9.87. The van der Waals surface area contributed by atoms with E-state index in [9.17, 15) is 4.79 Å². The summed E-state index contributed by atoms with van der Waals surface area (Å²) in [7, 11) is 0. The van der Waals surface area contributed by atoms with E-state index in [2.05, 4.69) is 13.0 Å². The third-order valence-corrected chi connectivity index (χ3v) is 5.34. The van der Waals surface area contributed by atoms with Crippen LogP contribution >= 0.6 is 11.8 Å². The molecule has 0 saturated heterocycles. The van der Waals surface area contributed by atoms with Gasteiger partial charge in [0.05, 0.1) is 5.56 Å². The first-order valence-corrected chi connectivity index (χ1v) is 7.98. The first kappa shape index (κ1) is 14.4. The lowest BCUT2D eigenvalue weighted by Crippen LogP contribution is -2.16. The van der Waals surface area contributed by atoms with E-state index in [0.717, 1.165) is 16.4 Å². The number of aryl methyl sites for hydroxylation is 1. The second-order valence-electron chi connectivity index (χ2n) is 5.46. The van der Waals surface area contributed by atoms with Crippen LogP contribution in [-0.4, -0.2) is 16.3 Å². The summed E-state index contributed by atoms with van der Waals surface area (Å²) >= 11 is 1.86. The molecule has 0 amide bonds. The van der Waals surface area contributed by atoms with Crippen molar-refractivity contribution in [2.45, 2.75) is 56.1 Å². The molecule has 1 fully saturated rings. The summed E-state index contributed by atoms with van der Waals surface area (Å²) in [5, 5.41) is 9.82. The largest absolute Gasteiger partial charge is 0.478 e. The molecule has 2 rings (SSSR count). The number of hydrogen-bond acceptors (Lipinski definition) is 2. The molecule has 3 heteroatoms. The molecule has 2 nitrogen and oxygen atoms in total. The van der Waals surface area contributed by atoms with Crippen LogP contribution in [0.15, 0.2) is 23.1 Å². The van der Waals surface area contributed by atoms with Crippen molar-refractivity contribution in [1.82, 2.24) is 0 Å². The van der Waals surface area contributed by atoms with Gasteiger partial charge in [0.25, 0.3) is 0 Å². The third-order valence-electron chi connectivity index (χ3n) is 4.05. The van der Waals surface area contributed by atoms with Crippen LogP contribution in [0.3, 0.4) is 0 Å². The van der Waals surface area contributed by atoms with E-state index >= 15 is 0 Å². The Balaban J connectivity index is 2.06. The maximum Gasteiger partial charge on any atom is 0.335 e. The van der Waals surface area contributed by atoms with Crippen molar-refractivity contribution < 1.29 is 9.90 Å². The normalized spacial score (nSPS) is 23.3. The summed E-state index contributed by atoms with van der Waals surface area (Å²) < 4.78 is 0. The molecule has 1 aromatic rings. The van der Waals surface area contributed by atoms with Crippen molar-refractivity contribution in [2.75, 3.05) is 0 Å². The van der Waals surface area contributed by atoms with Gasteiger partial charge >= 0.3 is 5.97 Å². The minimum absolute atomic E-state index is 0.438. The molecule has 1 aromatic carbocycles. The average molecular weight is 278 g/mol. The number of benzene rings is 1. The summed E-state index contributed by atoms with van der Waals surface area (Å²) in [5.41, 5.74) is 1.28. The number of carboxylic acids is 1. The Labute approximate surface area is 119 Å².